The number of hydrogen-bond acceptors (Lipinski definition) is 15. The van der Waals surface area contributed by atoms with Crippen molar-refractivity contribution >= 4 is 135 Å². The van der Waals surface area contributed by atoms with Crippen LogP contribution >= 0.6 is 50.7 Å². The van der Waals surface area contributed by atoms with Crippen LogP contribution in [0.5, 0.6) is 11.5 Å². The van der Waals surface area contributed by atoms with Gasteiger partial charge in [0.25, 0.3) is 0 Å². The Balaban J connectivity index is 0.000000139. The molecule has 12 aromatic heterocycles. The number of rotatable bonds is 9. The monoisotopic (exact) mass is 1380 g/mol. The molecule has 15 aromatic rings. The first-order valence-electron chi connectivity index (χ1n) is 29.2. The third-order valence-electron chi connectivity index (χ3n) is 15.3. The molecule has 23 heteroatoms. The van der Waals surface area contributed by atoms with Gasteiger partial charge in [0.2, 0.25) is 0 Å². The SMILES string of the molecule is C.CC(C)(C)OC(=O)n1c2ccncc2c2ccc(-c3ccnc(Cl)c3)nc21.COc1ccc(C(c2ccccc2)(c2ccc(OC)cc2)n2c3ccncc3c3ccc(Br)nc32)cc1.Clc1cc(-c2ccc3c(n2)[nH]c2ccncc23)ccn1.OB(O)c1ccnc(Cl)c1. The minimum absolute atomic E-state index is 0. The van der Waals surface area contributed by atoms with Crippen molar-refractivity contribution < 1.29 is 29.1 Å². The normalized spacial score (nSPS) is 11.3. The van der Waals surface area contributed by atoms with Crippen molar-refractivity contribution in [2.24, 2.45) is 0 Å². The van der Waals surface area contributed by atoms with Crippen LogP contribution in [0.15, 0.2) is 230 Å². The molecule has 474 valence electrons. The molecular weight excluding hydrogens is 1330 g/mol. The van der Waals surface area contributed by atoms with Crippen molar-refractivity contribution in [2.45, 2.75) is 39.3 Å². The standard InChI is InChI=1S/C31H24BrN3O2.C20H17ClN4O2.C15H9ClN4.C5H5BClNO2.CH4/c1-36-24-12-8-22(9-13-24)31(21-6-4-3-5-7-21,23-10-14-25(37-2)15-11-23)35-28-18-19-33-20-27(28)26-16-17-29(32)34-30(26)35;1-20(2,3)27-19(26)25-16-7-8-22-11-14(16)13-4-5-15(24-18(13)25)12-6-9-23-17(21)10-12;16-14-7-9(3-6-18-14)12-2-1-10-11-8-17-5-4-13(11)20-15(10)19-12;7-5-3-4(6(9)10)1-2-8-5;/h3-20H,1-2H3;4-11H,1-3H3;1-8H,(H,19,20);1-3,9-10H;1H4. The number of H-pyrrole nitrogens is 1. The van der Waals surface area contributed by atoms with E-state index >= 15 is 0 Å². The van der Waals surface area contributed by atoms with Crippen molar-refractivity contribution in [1.82, 2.24) is 59.0 Å². The fourth-order valence-corrected chi connectivity index (χ4v) is 12.0. The second-order valence-electron chi connectivity index (χ2n) is 22.2. The topological polar surface area (TPSA) is 227 Å². The largest absolute Gasteiger partial charge is 0.497 e. The molecule has 18 nitrogen and oxygen atoms in total. The summed E-state index contributed by atoms with van der Waals surface area (Å²) in [6, 6.07) is 55.0. The highest BCUT2D eigenvalue weighted by Gasteiger charge is 2.41. The molecule has 0 radical (unpaired) electrons. The van der Waals surface area contributed by atoms with Gasteiger partial charge in [0.1, 0.15) is 54.0 Å². The molecule has 0 atom stereocenters. The molecule has 0 aliphatic carbocycles. The van der Waals surface area contributed by atoms with Gasteiger partial charge in [-0.3, -0.25) is 15.0 Å². The number of nitrogens with one attached hydrogen (secondary N) is 1. The average molecular weight is 1390 g/mol. The van der Waals surface area contributed by atoms with Crippen molar-refractivity contribution in [1.29, 1.82) is 0 Å². The summed E-state index contributed by atoms with van der Waals surface area (Å²) in [7, 11) is 1.90. The van der Waals surface area contributed by atoms with E-state index in [1.54, 1.807) is 63.4 Å². The zero-order valence-corrected chi connectivity index (χ0v) is 54.8. The first-order chi connectivity index (χ1) is 45.5. The molecule has 0 aliphatic rings. The number of benzene rings is 3. The molecule has 0 saturated carbocycles. The summed E-state index contributed by atoms with van der Waals surface area (Å²) < 4.78 is 21.2. The summed E-state index contributed by atoms with van der Waals surface area (Å²) in [5.74, 6) is 1.60. The number of aromatic nitrogens is 12. The van der Waals surface area contributed by atoms with Crippen molar-refractivity contribution in [3.05, 3.63) is 262 Å². The lowest BCUT2D eigenvalue weighted by Gasteiger charge is -2.38. The van der Waals surface area contributed by atoms with Crippen LogP contribution in [-0.4, -0.2) is 102 Å². The number of fused-ring (bicyclic) bond motifs is 9. The van der Waals surface area contributed by atoms with E-state index in [-0.39, 0.29) is 12.6 Å². The molecule has 0 spiro atoms. The van der Waals surface area contributed by atoms with Gasteiger partial charge in [-0.05, 0) is 174 Å². The summed E-state index contributed by atoms with van der Waals surface area (Å²) in [5.41, 5.74) is 10.5. The zero-order chi connectivity index (χ0) is 65.7. The lowest BCUT2D eigenvalue weighted by Crippen LogP contribution is -2.37. The first kappa shape index (κ1) is 66.3. The van der Waals surface area contributed by atoms with E-state index in [2.05, 4.69) is 121 Å². The summed E-state index contributed by atoms with van der Waals surface area (Å²) >= 11 is 21.0. The molecular formula is C72H59BBrCl3N12O6. The number of hydrogen-bond donors (Lipinski definition) is 3. The van der Waals surface area contributed by atoms with E-state index in [0.717, 1.165) is 104 Å². The lowest BCUT2D eigenvalue weighted by atomic mass is 9.76. The number of nitrogens with zero attached hydrogens (tertiary/aromatic N) is 11. The van der Waals surface area contributed by atoms with Gasteiger partial charge in [0.05, 0.1) is 42.2 Å². The van der Waals surface area contributed by atoms with E-state index in [0.29, 0.717) is 32.6 Å². The number of carbonyl (C=O) groups excluding carboxylic acids is 1. The summed E-state index contributed by atoms with van der Waals surface area (Å²) in [5, 5.41) is 24.2. The maximum Gasteiger partial charge on any atom is 0.488 e. The van der Waals surface area contributed by atoms with E-state index in [9.17, 15) is 4.79 Å². The zero-order valence-electron chi connectivity index (χ0n) is 50.9. The Kier molecular flexibility index (Phi) is 19.9. The number of methoxy groups -OCH3 is 2. The molecule has 0 fully saturated rings. The van der Waals surface area contributed by atoms with Crippen LogP contribution < -0.4 is 14.9 Å². The number of aromatic amines is 1. The number of halogens is 4. The minimum atomic E-state index is -1.47. The summed E-state index contributed by atoms with van der Waals surface area (Å²) in [6.07, 6.45) is 15.0. The Morgan fingerprint density at radius 2 is 1.03 bits per heavy atom. The Morgan fingerprint density at radius 1 is 0.526 bits per heavy atom. The fraction of sp³-hybridized carbons (Fsp3) is 0.111. The molecule has 0 aliphatic heterocycles. The van der Waals surface area contributed by atoms with Gasteiger partial charge in [-0.15, -0.1) is 0 Å². The average Bonchev–Trinajstić information content (AvgIpc) is 1.67. The van der Waals surface area contributed by atoms with Crippen molar-refractivity contribution in [3.8, 4) is 34.0 Å². The second-order valence-corrected chi connectivity index (χ2v) is 24.2. The van der Waals surface area contributed by atoms with E-state index in [1.807, 2.05) is 118 Å². The Hall–Kier alpha value is -10.2. The molecule has 12 heterocycles. The number of pyridine rings is 9. The van der Waals surface area contributed by atoms with Gasteiger partial charge >= 0.3 is 13.2 Å². The van der Waals surface area contributed by atoms with Gasteiger partial charge in [0.15, 0.2) is 5.65 Å². The molecule has 0 bridgehead atoms. The van der Waals surface area contributed by atoms with Crippen LogP contribution in [0.3, 0.4) is 0 Å². The van der Waals surface area contributed by atoms with E-state index in [4.69, 9.17) is 69.0 Å². The molecule has 0 unspecified atom stereocenters. The van der Waals surface area contributed by atoms with Crippen LogP contribution in [0.25, 0.3) is 88.3 Å². The molecule has 0 amide bonds. The van der Waals surface area contributed by atoms with Gasteiger partial charge < -0.3 is 33.8 Å². The Bertz CT molecular complexity index is 5180. The highest BCUT2D eigenvalue weighted by atomic mass is 79.9. The first-order valence-corrected chi connectivity index (χ1v) is 31.1. The molecule has 3 N–H and O–H groups in total. The molecule has 3 aromatic carbocycles. The van der Waals surface area contributed by atoms with Crippen LogP contribution in [0.4, 0.5) is 4.79 Å². The summed E-state index contributed by atoms with van der Waals surface area (Å²) in [6.45, 7) is 5.49. The van der Waals surface area contributed by atoms with Crippen LogP contribution in [-0.2, 0) is 10.3 Å². The second kappa shape index (κ2) is 28.6. The van der Waals surface area contributed by atoms with Crippen molar-refractivity contribution in [2.75, 3.05) is 14.2 Å². The van der Waals surface area contributed by atoms with Gasteiger partial charge in [-0.2, -0.15) is 0 Å². The third-order valence-corrected chi connectivity index (χ3v) is 16.3. The lowest BCUT2D eigenvalue weighted by molar-refractivity contribution is 0.0550. The molecule has 95 heavy (non-hydrogen) atoms. The molecule has 15 rings (SSSR count). The van der Waals surface area contributed by atoms with Crippen LogP contribution in [0.2, 0.25) is 15.5 Å². The van der Waals surface area contributed by atoms with Crippen molar-refractivity contribution in [3.63, 3.8) is 0 Å². The highest BCUT2D eigenvalue weighted by Crippen LogP contribution is 2.47. The third kappa shape index (κ3) is 13.9. The van der Waals surface area contributed by atoms with Gasteiger partial charge in [-0.1, -0.05) is 96.8 Å². The summed E-state index contributed by atoms with van der Waals surface area (Å²) in [4.78, 5) is 55.0. The molecule has 0 saturated heterocycles. The predicted molar refractivity (Wildman–Crippen MR) is 381 cm³/mol. The predicted octanol–water partition coefficient (Wildman–Crippen LogP) is 16.2. The minimum Gasteiger partial charge on any atom is -0.497 e. The van der Waals surface area contributed by atoms with E-state index < -0.39 is 24.4 Å². The van der Waals surface area contributed by atoms with E-state index in [1.165, 1.54) is 22.9 Å². The fourth-order valence-electron chi connectivity index (χ4n) is 11.1. The quantitative estimate of drug-likeness (QED) is 0.0694. The highest BCUT2D eigenvalue weighted by molar-refractivity contribution is 9.10. The van der Waals surface area contributed by atoms with Gasteiger partial charge in [-0.25, -0.2) is 39.3 Å². The smallest absolute Gasteiger partial charge is 0.488 e. The Labute approximate surface area is 569 Å². The van der Waals surface area contributed by atoms with Crippen LogP contribution in [0.1, 0.15) is 44.9 Å². The number of carbonyl (C=O) groups is 1. The Morgan fingerprint density at radius 3 is 1.59 bits per heavy atom. The van der Waals surface area contributed by atoms with Crippen LogP contribution in [0, 0.1) is 0 Å². The maximum absolute atomic E-state index is 12.9. The van der Waals surface area contributed by atoms with Gasteiger partial charge in [0, 0.05) is 99.2 Å². The maximum atomic E-state index is 12.9. The number of ether oxygens (including phenoxy) is 3.